The van der Waals surface area contributed by atoms with E-state index < -0.39 is 6.17 Å². The molecule has 24 heavy (non-hydrogen) atoms. The van der Waals surface area contributed by atoms with Crippen molar-refractivity contribution in [2.45, 2.75) is 71.9 Å². The van der Waals surface area contributed by atoms with Gasteiger partial charge in [0.05, 0.1) is 0 Å². The molecule has 3 fully saturated rings. The second-order valence-corrected chi connectivity index (χ2v) is 9.35. The van der Waals surface area contributed by atoms with Crippen molar-refractivity contribution in [2.24, 2.45) is 34.5 Å². The van der Waals surface area contributed by atoms with Gasteiger partial charge in [-0.1, -0.05) is 13.8 Å². The Kier molecular flexibility index (Phi) is 3.61. The van der Waals surface area contributed by atoms with Gasteiger partial charge in [0.2, 0.25) is 0 Å². The number of ketones is 2. The predicted octanol–water partition coefficient (Wildman–Crippen LogP) is 4.67. The van der Waals surface area contributed by atoms with Gasteiger partial charge >= 0.3 is 0 Å². The summed E-state index contributed by atoms with van der Waals surface area (Å²) in [5, 5.41) is 0. The molecule has 132 valence electrons. The third kappa shape index (κ3) is 2.05. The first kappa shape index (κ1) is 16.5. The fraction of sp³-hybridized carbons (Fsp3) is 0.810. The largest absolute Gasteiger partial charge is 0.300 e. The fourth-order valence-corrected chi connectivity index (χ4v) is 7.23. The van der Waals surface area contributed by atoms with E-state index in [1.54, 1.807) is 13.0 Å². The molecule has 0 spiro atoms. The number of carbonyl (C=O) groups excluding carboxylic acids is 2. The molecular formula is C21H29FO2. The van der Waals surface area contributed by atoms with Crippen LogP contribution in [-0.2, 0) is 9.59 Å². The molecule has 0 saturated heterocycles. The lowest BCUT2D eigenvalue weighted by molar-refractivity contribution is -0.129. The van der Waals surface area contributed by atoms with Gasteiger partial charge in [-0.05, 0) is 85.7 Å². The molecule has 4 aliphatic carbocycles. The van der Waals surface area contributed by atoms with Crippen molar-refractivity contribution in [3.05, 3.63) is 11.6 Å². The molecule has 0 bridgehead atoms. The smallest absolute Gasteiger partial charge is 0.155 e. The van der Waals surface area contributed by atoms with E-state index in [2.05, 4.69) is 13.8 Å². The maximum absolute atomic E-state index is 15.1. The number of alkyl halides is 1. The molecule has 0 aromatic rings. The Hall–Kier alpha value is -0.990. The van der Waals surface area contributed by atoms with Crippen molar-refractivity contribution in [1.82, 2.24) is 0 Å². The molecule has 0 amide bonds. The number of halogens is 1. The summed E-state index contributed by atoms with van der Waals surface area (Å²) in [5.74, 6) is 1.91. The highest BCUT2D eigenvalue weighted by Crippen LogP contribution is 2.66. The zero-order chi connectivity index (χ0) is 17.3. The molecule has 4 rings (SSSR count). The third-order valence-corrected chi connectivity index (χ3v) is 8.43. The first-order chi connectivity index (χ1) is 11.3. The average molecular weight is 332 g/mol. The lowest BCUT2D eigenvalue weighted by Gasteiger charge is -2.58. The summed E-state index contributed by atoms with van der Waals surface area (Å²) in [6.07, 6.45) is 6.80. The number of fused-ring (bicyclic) bond motifs is 5. The Morgan fingerprint density at radius 3 is 2.62 bits per heavy atom. The van der Waals surface area contributed by atoms with Gasteiger partial charge in [0, 0.05) is 12.3 Å². The zero-order valence-corrected chi connectivity index (χ0v) is 15.1. The molecule has 0 heterocycles. The van der Waals surface area contributed by atoms with Crippen molar-refractivity contribution in [3.8, 4) is 0 Å². The van der Waals surface area contributed by atoms with Crippen molar-refractivity contribution < 1.29 is 14.0 Å². The Balaban J connectivity index is 1.71. The summed E-state index contributed by atoms with van der Waals surface area (Å²) in [6, 6.07) is 0. The van der Waals surface area contributed by atoms with Crippen LogP contribution < -0.4 is 0 Å². The normalized spacial score (nSPS) is 50.6. The monoisotopic (exact) mass is 332 g/mol. The van der Waals surface area contributed by atoms with Crippen LogP contribution in [0.25, 0.3) is 0 Å². The lowest BCUT2D eigenvalue weighted by Crippen LogP contribution is -2.53. The number of carbonyl (C=O) groups is 2. The van der Waals surface area contributed by atoms with Crippen molar-refractivity contribution >= 4 is 11.6 Å². The van der Waals surface area contributed by atoms with E-state index >= 15 is 4.39 Å². The quantitative estimate of drug-likeness (QED) is 0.699. The molecule has 0 aromatic carbocycles. The molecular weight excluding hydrogens is 303 g/mol. The van der Waals surface area contributed by atoms with E-state index in [0.29, 0.717) is 36.4 Å². The topological polar surface area (TPSA) is 34.1 Å². The fourth-order valence-electron chi connectivity index (χ4n) is 7.23. The summed E-state index contributed by atoms with van der Waals surface area (Å²) in [5.41, 5.74) is 0.699. The van der Waals surface area contributed by atoms with Crippen LogP contribution in [0.1, 0.15) is 65.7 Å². The number of hydrogen-bond donors (Lipinski definition) is 0. The van der Waals surface area contributed by atoms with Gasteiger partial charge in [-0.2, -0.15) is 0 Å². The summed E-state index contributed by atoms with van der Waals surface area (Å²) in [7, 11) is 0. The number of allylic oxidation sites excluding steroid dienone is 1. The summed E-state index contributed by atoms with van der Waals surface area (Å²) >= 11 is 0. The minimum absolute atomic E-state index is 0.0643. The molecule has 4 aliphatic rings. The van der Waals surface area contributed by atoms with Crippen molar-refractivity contribution in [2.75, 3.05) is 0 Å². The molecule has 0 radical (unpaired) electrons. The second-order valence-electron chi connectivity index (χ2n) is 9.35. The number of rotatable bonds is 1. The molecule has 0 aliphatic heterocycles. The van der Waals surface area contributed by atoms with E-state index in [1.165, 1.54) is 0 Å². The Morgan fingerprint density at radius 2 is 1.92 bits per heavy atom. The Morgan fingerprint density at radius 1 is 1.17 bits per heavy atom. The number of hydrogen-bond acceptors (Lipinski definition) is 2. The van der Waals surface area contributed by atoms with Gasteiger partial charge in [0.1, 0.15) is 12.0 Å². The highest BCUT2D eigenvalue weighted by molar-refractivity contribution is 5.91. The van der Waals surface area contributed by atoms with E-state index in [1.807, 2.05) is 0 Å². The summed E-state index contributed by atoms with van der Waals surface area (Å²) < 4.78 is 15.1. The van der Waals surface area contributed by atoms with Crippen molar-refractivity contribution in [3.63, 3.8) is 0 Å². The Bertz CT molecular complexity index is 623. The molecule has 7 atom stereocenters. The third-order valence-electron chi connectivity index (χ3n) is 8.43. The van der Waals surface area contributed by atoms with Crippen molar-refractivity contribution in [1.29, 1.82) is 0 Å². The van der Waals surface area contributed by atoms with E-state index in [0.717, 1.165) is 37.7 Å². The van der Waals surface area contributed by atoms with E-state index in [-0.39, 0.29) is 22.5 Å². The van der Waals surface area contributed by atoms with E-state index in [9.17, 15) is 9.59 Å². The maximum Gasteiger partial charge on any atom is 0.155 e. The standard InChI is InChI=1S/C21H29FO2/c1-12(23)15-4-5-16-14-11-19(22)18-10-13(24)6-8-21(18,3)17(14)7-9-20(15,16)2/h10,14-17,19H,4-9,11H2,1-3H3/t14-,15+,16-,17-,19-,20-,21-/m1/s1. The Labute approximate surface area is 144 Å². The predicted molar refractivity (Wildman–Crippen MR) is 91.2 cm³/mol. The zero-order valence-electron chi connectivity index (χ0n) is 15.1. The molecule has 3 saturated carbocycles. The molecule has 0 N–H and O–H groups in total. The second kappa shape index (κ2) is 5.25. The van der Waals surface area contributed by atoms with Crippen LogP contribution in [0.5, 0.6) is 0 Å². The van der Waals surface area contributed by atoms with Gasteiger partial charge in [-0.15, -0.1) is 0 Å². The van der Waals surface area contributed by atoms with Crippen LogP contribution in [0.15, 0.2) is 11.6 Å². The van der Waals surface area contributed by atoms with Gasteiger partial charge in [0.15, 0.2) is 5.78 Å². The van der Waals surface area contributed by atoms with Crippen LogP contribution in [0.3, 0.4) is 0 Å². The van der Waals surface area contributed by atoms with Crippen LogP contribution >= 0.6 is 0 Å². The highest BCUT2D eigenvalue weighted by Gasteiger charge is 2.61. The molecule has 0 aromatic heterocycles. The summed E-state index contributed by atoms with van der Waals surface area (Å²) in [4.78, 5) is 24.0. The lowest BCUT2D eigenvalue weighted by atomic mass is 9.46. The molecule has 3 heteroatoms. The van der Waals surface area contributed by atoms with Crippen LogP contribution in [0, 0.1) is 34.5 Å². The summed E-state index contributed by atoms with van der Waals surface area (Å²) in [6.45, 7) is 6.23. The van der Waals surface area contributed by atoms with Crippen LogP contribution in [0.4, 0.5) is 4.39 Å². The first-order valence-electron chi connectivity index (χ1n) is 9.67. The maximum atomic E-state index is 15.1. The highest BCUT2D eigenvalue weighted by atomic mass is 19.1. The minimum atomic E-state index is -0.973. The van der Waals surface area contributed by atoms with E-state index in [4.69, 9.17) is 0 Å². The minimum Gasteiger partial charge on any atom is -0.300 e. The van der Waals surface area contributed by atoms with Gasteiger partial charge in [0.25, 0.3) is 0 Å². The SMILES string of the molecule is CC(=O)[C@@H]1CC[C@@H]2[C@H]3C[C@@H](F)C4=CC(=O)CC[C@]4(C)[C@@H]3CC[C@@]21C. The molecule has 0 unspecified atom stereocenters. The number of Topliss-reactive ketones (excluding diaryl/α,β-unsaturated/α-hetero) is 1. The molecule has 2 nitrogen and oxygen atoms in total. The van der Waals surface area contributed by atoms with Gasteiger partial charge < -0.3 is 0 Å². The average Bonchev–Trinajstić information content (AvgIpc) is 2.87. The first-order valence-corrected chi connectivity index (χ1v) is 9.67. The van der Waals surface area contributed by atoms with Gasteiger partial charge in [-0.3, -0.25) is 9.59 Å². The van der Waals surface area contributed by atoms with Crippen LogP contribution in [0.2, 0.25) is 0 Å². The van der Waals surface area contributed by atoms with Gasteiger partial charge in [-0.25, -0.2) is 4.39 Å². The van der Waals surface area contributed by atoms with Crippen LogP contribution in [-0.4, -0.2) is 17.7 Å².